The van der Waals surface area contributed by atoms with Gasteiger partial charge < -0.3 is 10.2 Å². The normalized spacial score (nSPS) is 17.3. The third-order valence-corrected chi connectivity index (χ3v) is 4.98. The number of likely N-dealkylation sites (N-methyl/N-ethyl adjacent to an activating group) is 1. The Kier molecular flexibility index (Phi) is 4.36. The van der Waals surface area contributed by atoms with Crippen molar-refractivity contribution < 1.29 is 4.79 Å². The molecule has 21 heavy (non-hydrogen) atoms. The Morgan fingerprint density at radius 3 is 3.00 bits per heavy atom. The number of amides is 1. The smallest absolute Gasteiger partial charge is 0.231 e. The summed E-state index contributed by atoms with van der Waals surface area (Å²) in [5.41, 5.74) is 2.43. The fourth-order valence-corrected chi connectivity index (χ4v) is 3.52. The fraction of sp³-hybridized carbons (Fsp3) is 0.353. The van der Waals surface area contributed by atoms with Gasteiger partial charge in [0.2, 0.25) is 5.91 Å². The average Bonchev–Trinajstić information content (AvgIpc) is 3.05. The van der Waals surface area contributed by atoms with E-state index in [1.807, 2.05) is 24.1 Å². The standard InChI is InChI=1S/C17H20N2OS/c1-19(9-8-14-6-4-10-21-14)17(20)16-12-18-11-13-5-2-3-7-15(13)16/h2-7,10,16,18H,8-9,11-12H2,1H3. The first-order valence-electron chi connectivity index (χ1n) is 7.31. The van der Waals surface area contributed by atoms with Gasteiger partial charge in [0.25, 0.3) is 0 Å². The number of nitrogens with zero attached hydrogens (tertiary/aromatic N) is 1. The van der Waals surface area contributed by atoms with Gasteiger partial charge in [-0.3, -0.25) is 4.79 Å². The van der Waals surface area contributed by atoms with Crippen molar-refractivity contribution in [1.29, 1.82) is 0 Å². The Labute approximate surface area is 129 Å². The van der Waals surface area contributed by atoms with Gasteiger partial charge in [0.1, 0.15) is 0 Å². The monoisotopic (exact) mass is 300 g/mol. The molecule has 0 saturated carbocycles. The minimum Gasteiger partial charge on any atom is -0.345 e. The second kappa shape index (κ2) is 6.41. The molecule has 1 aromatic heterocycles. The van der Waals surface area contributed by atoms with Crippen LogP contribution in [0.15, 0.2) is 41.8 Å². The molecule has 4 heteroatoms. The van der Waals surface area contributed by atoms with Gasteiger partial charge in [0, 0.05) is 31.6 Å². The molecule has 0 bridgehead atoms. The highest BCUT2D eigenvalue weighted by atomic mass is 32.1. The van der Waals surface area contributed by atoms with Gasteiger partial charge in [-0.15, -0.1) is 11.3 Å². The van der Waals surface area contributed by atoms with Gasteiger partial charge in [-0.2, -0.15) is 0 Å². The lowest BCUT2D eigenvalue weighted by molar-refractivity contribution is -0.131. The number of carbonyl (C=O) groups is 1. The molecular weight excluding hydrogens is 280 g/mol. The number of hydrogen-bond donors (Lipinski definition) is 1. The number of rotatable bonds is 4. The van der Waals surface area contributed by atoms with Crippen molar-refractivity contribution >= 4 is 17.2 Å². The Hall–Kier alpha value is -1.65. The number of benzene rings is 1. The second-order valence-electron chi connectivity index (χ2n) is 5.47. The van der Waals surface area contributed by atoms with Crippen molar-refractivity contribution in [2.45, 2.75) is 18.9 Å². The summed E-state index contributed by atoms with van der Waals surface area (Å²) in [7, 11) is 1.91. The van der Waals surface area contributed by atoms with E-state index in [1.165, 1.54) is 16.0 Å². The largest absolute Gasteiger partial charge is 0.345 e. The molecule has 1 aliphatic heterocycles. The van der Waals surface area contributed by atoms with E-state index in [1.54, 1.807) is 11.3 Å². The molecule has 2 aromatic rings. The lowest BCUT2D eigenvalue weighted by Crippen LogP contribution is -2.40. The van der Waals surface area contributed by atoms with Gasteiger partial charge in [-0.25, -0.2) is 0 Å². The van der Waals surface area contributed by atoms with Crippen LogP contribution in [0.5, 0.6) is 0 Å². The highest BCUT2D eigenvalue weighted by Crippen LogP contribution is 2.25. The topological polar surface area (TPSA) is 32.3 Å². The molecule has 1 amide bonds. The first-order chi connectivity index (χ1) is 10.3. The van der Waals surface area contributed by atoms with E-state index in [9.17, 15) is 4.79 Å². The van der Waals surface area contributed by atoms with Crippen LogP contribution in [0.1, 0.15) is 21.9 Å². The van der Waals surface area contributed by atoms with Crippen LogP contribution in [-0.2, 0) is 17.8 Å². The van der Waals surface area contributed by atoms with E-state index >= 15 is 0 Å². The number of carbonyl (C=O) groups excluding carboxylic acids is 1. The quantitative estimate of drug-likeness (QED) is 0.941. The highest BCUT2D eigenvalue weighted by molar-refractivity contribution is 7.09. The molecule has 0 spiro atoms. The molecule has 1 unspecified atom stereocenters. The zero-order valence-corrected chi connectivity index (χ0v) is 13.0. The summed E-state index contributed by atoms with van der Waals surface area (Å²) in [6, 6.07) is 12.4. The SMILES string of the molecule is CN(CCc1cccs1)C(=O)C1CNCc2ccccc21. The number of thiophene rings is 1. The third kappa shape index (κ3) is 3.17. The van der Waals surface area contributed by atoms with Crippen LogP contribution >= 0.6 is 11.3 Å². The molecule has 1 aliphatic rings. The van der Waals surface area contributed by atoms with Crippen molar-refractivity contribution in [2.24, 2.45) is 0 Å². The second-order valence-corrected chi connectivity index (χ2v) is 6.50. The predicted octanol–water partition coefficient (Wildman–Crippen LogP) is 2.64. The van der Waals surface area contributed by atoms with Gasteiger partial charge in [-0.05, 0) is 29.0 Å². The van der Waals surface area contributed by atoms with Crippen LogP contribution in [0, 0.1) is 0 Å². The number of nitrogens with one attached hydrogen (secondary N) is 1. The first-order valence-corrected chi connectivity index (χ1v) is 8.19. The fourth-order valence-electron chi connectivity index (χ4n) is 2.83. The van der Waals surface area contributed by atoms with Crippen molar-refractivity contribution in [1.82, 2.24) is 10.2 Å². The summed E-state index contributed by atoms with van der Waals surface area (Å²) in [6.45, 7) is 2.37. The molecule has 0 radical (unpaired) electrons. The van der Waals surface area contributed by atoms with E-state index in [4.69, 9.17) is 0 Å². The number of fused-ring (bicyclic) bond motifs is 1. The summed E-state index contributed by atoms with van der Waals surface area (Å²) in [4.78, 5) is 15.9. The lowest BCUT2D eigenvalue weighted by atomic mass is 9.90. The van der Waals surface area contributed by atoms with Crippen LogP contribution in [0.3, 0.4) is 0 Å². The maximum atomic E-state index is 12.7. The van der Waals surface area contributed by atoms with Crippen molar-refractivity contribution in [3.63, 3.8) is 0 Å². The van der Waals surface area contributed by atoms with Crippen molar-refractivity contribution in [3.8, 4) is 0 Å². The summed E-state index contributed by atoms with van der Waals surface area (Å²) in [5, 5.41) is 5.43. The average molecular weight is 300 g/mol. The minimum absolute atomic E-state index is 0.0525. The molecule has 0 saturated heterocycles. The lowest BCUT2D eigenvalue weighted by Gasteiger charge is -2.29. The summed E-state index contributed by atoms with van der Waals surface area (Å²) < 4.78 is 0. The van der Waals surface area contributed by atoms with E-state index in [-0.39, 0.29) is 11.8 Å². The first kappa shape index (κ1) is 14.3. The van der Waals surface area contributed by atoms with Crippen LogP contribution in [0.2, 0.25) is 0 Å². The molecule has 0 fully saturated rings. The predicted molar refractivity (Wildman–Crippen MR) is 86.5 cm³/mol. The van der Waals surface area contributed by atoms with Gasteiger partial charge >= 0.3 is 0 Å². The summed E-state index contributed by atoms with van der Waals surface area (Å²) in [6.07, 6.45) is 0.932. The molecular formula is C17H20N2OS. The summed E-state index contributed by atoms with van der Waals surface area (Å²) in [5.74, 6) is 0.162. The molecule has 1 aromatic carbocycles. The van der Waals surface area contributed by atoms with Crippen molar-refractivity contribution in [3.05, 3.63) is 57.8 Å². The Morgan fingerprint density at radius 1 is 1.33 bits per heavy atom. The zero-order valence-electron chi connectivity index (χ0n) is 12.2. The Bertz CT molecular complexity index is 609. The zero-order chi connectivity index (χ0) is 14.7. The molecule has 0 aliphatic carbocycles. The molecule has 1 N–H and O–H groups in total. The number of hydrogen-bond acceptors (Lipinski definition) is 3. The van der Waals surface area contributed by atoms with Crippen LogP contribution < -0.4 is 5.32 Å². The molecule has 3 nitrogen and oxygen atoms in total. The molecule has 2 heterocycles. The van der Waals surface area contributed by atoms with Gasteiger partial charge in [0.05, 0.1) is 5.92 Å². The maximum absolute atomic E-state index is 12.7. The van der Waals surface area contributed by atoms with Crippen LogP contribution in [0.4, 0.5) is 0 Å². The van der Waals surface area contributed by atoms with Crippen LogP contribution in [0.25, 0.3) is 0 Å². The third-order valence-electron chi connectivity index (χ3n) is 4.04. The Balaban J connectivity index is 1.67. The Morgan fingerprint density at radius 2 is 2.19 bits per heavy atom. The van der Waals surface area contributed by atoms with Crippen molar-refractivity contribution in [2.75, 3.05) is 20.1 Å². The van der Waals surface area contributed by atoms with E-state index in [0.717, 1.165) is 26.1 Å². The molecule has 1 atom stereocenters. The van der Waals surface area contributed by atoms with Gasteiger partial charge in [0.15, 0.2) is 0 Å². The van der Waals surface area contributed by atoms with Gasteiger partial charge in [-0.1, -0.05) is 30.3 Å². The van der Waals surface area contributed by atoms with E-state index in [0.29, 0.717) is 0 Å². The molecule has 110 valence electrons. The van der Waals surface area contributed by atoms with Crippen LogP contribution in [-0.4, -0.2) is 30.9 Å². The summed E-state index contributed by atoms with van der Waals surface area (Å²) >= 11 is 1.75. The highest BCUT2D eigenvalue weighted by Gasteiger charge is 2.28. The maximum Gasteiger partial charge on any atom is 0.231 e. The van der Waals surface area contributed by atoms with E-state index in [2.05, 4.69) is 35.0 Å². The van der Waals surface area contributed by atoms with E-state index < -0.39 is 0 Å². The molecule has 3 rings (SSSR count). The minimum atomic E-state index is -0.0525.